The minimum Gasteiger partial charge on any atom is -0.392 e. The van der Waals surface area contributed by atoms with E-state index in [-0.39, 0.29) is 18.2 Å². The minimum absolute atomic E-state index is 0.242. The van der Waals surface area contributed by atoms with Crippen molar-refractivity contribution in [3.05, 3.63) is 0 Å². The zero-order valence-corrected chi connectivity index (χ0v) is 13.9. The van der Waals surface area contributed by atoms with E-state index in [4.69, 9.17) is 0 Å². The fourth-order valence-electron chi connectivity index (χ4n) is 3.82. The Hall–Kier alpha value is -0.160. The maximum absolute atomic E-state index is 10.4. The van der Waals surface area contributed by atoms with Gasteiger partial charge in [-0.05, 0) is 57.7 Å². The topological polar surface area (TPSA) is 46.9 Å². The van der Waals surface area contributed by atoms with Gasteiger partial charge in [0.05, 0.1) is 12.2 Å². The van der Waals surface area contributed by atoms with Crippen molar-refractivity contribution >= 4 is 0 Å². The minimum atomic E-state index is -0.289. The Labute approximate surface area is 130 Å². The summed E-state index contributed by atoms with van der Waals surface area (Å²) in [5, 5.41) is 20.6. The van der Waals surface area contributed by atoms with E-state index in [0.717, 1.165) is 44.9 Å². The smallest absolute Gasteiger partial charge is 0.0793 e. The average Bonchev–Trinajstić information content (AvgIpc) is 2.49. The molecule has 0 radical (unpaired) electrons. The van der Waals surface area contributed by atoms with E-state index >= 15 is 0 Å². The Morgan fingerprint density at radius 2 is 1.71 bits per heavy atom. The average molecular weight is 298 g/mol. The van der Waals surface area contributed by atoms with Gasteiger partial charge in [-0.1, -0.05) is 20.3 Å². The maximum Gasteiger partial charge on any atom is 0.0793 e. The Bertz CT molecular complexity index is 293. The van der Waals surface area contributed by atoms with Gasteiger partial charge in [0.2, 0.25) is 0 Å². The van der Waals surface area contributed by atoms with E-state index in [9.17, 15) is 10.2 Å². The molecule has 2 aliphatic heterocycles. The summed E-state index contributed by atoms with van der Waals surface area (Å²) in [7, 11) is 0. The van der Waals surface area contributed by atoms with Crippen molar-refractivity contribution in [1.82, 2.24) is 9.80 Å². The molecule has 0 unspecified atom stereocenters. The Morgan fingerprint density at radius 1 is 1.00 bits per heavy atom. The van der Waals surface area contributed by atoms with Gasteiger partial charge >= 0.3 is 0 Å². The molecule has 124 valence electrons. The van der Waals surface area contributed by atoms with Crippen molar-refractivity contribution < 1.29 is 10.2 Å². The molecule has 4 nitrogen and oxygen atoms in total. The number of aliphatic hydroxyl groups is 2. The van der Waals surface area contributed by atoms with Crippen molar-refractivity contribution in [2.75, 3.05) is 32.7 Å². The molecule has 0 aromatic rings. The molecule has 0 aliphatic carbocycles. The van der Waals surface area contributed by atoms with Gasteiger partial charge in [-0.2, -0.15) is 0 Å². The summed E-state index contributed by atoms with van der Waals surface area (Å²) in [6.07, 6.45) is 6.27. The summed E-state index contributed by atoms with van der Waals surface area (Å²) in [5.41, 5.74) is 0. The summed E-state index contributed by atoms with van der Waals surface area (Å²) in [4.78, 5) is 4.73. The van der Waals surface area contributed by atoms with Crippen LogP contribution >= 0.6 is 0 Å². The van der Waals surface area contributed by atoms with Crippen LogP contribution in [-0.2, 0) is 0 Å². The highest BCUT2D eigenvalue weighted by atomic mass is 16.3. The summed E-state index contributed by atoms with van der Waals surface area (Å²) < 4.78 is 0. The molecule has 2 heterocycles. The highest BCUT2D eigenvalue weighted by Gasteiger charge is 2.29. The lowest BCUT2D eigenvalue weighted by Crippen LogP contribution is -2.51. The normalized spacial score (nSPS) is 29.4. The molecule has 3 atom stereocenters. The van der Waals surface area contributed by atoms with Gasteiger partial charge in [0.1, 0.15) is 0 Å². The molecule has 2 aliphatic rings. The van der Waals surface area contributed by atoms with Crippen molar-refractivity contribution in [3.8, 4) is 0 Å². The molecule has 0 spiro atoms. The molecule has 0 bridgehead atoms. The molecule has 2 rings (SSSR count). The van der Waals surface area contributed by atoms with Crippen LogP contribution in [0.3, 0.4) is 0 Å². The van der Waals surface area contributed by atoms with Gasteiger partial charge in [-0.15, -0.1) is 0 Å². The van der Waals surface area contributed by atoms with Gasteiger partial charge in [0, 0.05) is 19.1 Å². The number of hydrogen-bond acceptors (Lipinski definition) is 4. The third-order valence-electron chi connectivity index (χ3n) is 5.32. The van der Waals surface area contributed by atoms with Crippen molar-refractivity contribution in [2.45, 2.75) is 70.6 Å². The van der Waals surface area contributed by atoms with Crippen LogP contribution in [0.15, 0.2) is 0 Å². The molecule has 2 fully saturated rings. The molecular weight excluding hydrogens is 264 g/mol. The third kappa shape index (κ3) is 5.20. The lowest BCUT2D eigenvalue weighted by Gasteiger charge is -2.40. The predicted molar refractivity (Wildman–Crippen MR) is 86.4 cm³/mol. The number of β-amino-alcohol motifs (C(OH)–C–C–N with tert-alkyl or cyclic N) is 1. The molecular formula is C17H34N2O2. The monoisotopic (exact) mass is 298 g/mol. The van der Waals surface area contributed by atoms with Gasteiger partial charge < -0.3 is 15.1 Å². The van der Waals surface area contributed by atoms with E-state index in [1.807, 2.05) is 6.92 Å². The van der Waals surface area contributed by atoms with Crippen LogP contribution in [0.4, 0.5) is 0 Å². The molecule has 2 saturated heterocycles. The molecule has 0 amide bonds. The van der Waals surface area contributed by atoms with Crippen LogP contribution in [0.1, 0.15) is 52.4 Å². The number of rotatable bonds is 6. The fourth-order valence-corrected chi connectivity index (χ4v) is 3.82. The van der Waals surface area contributed by atoms with Crippen LogP contribution in [-0.4, -0.2) is 71.0 Å². The first-order chi connectivity index (χ1) is 10.1. The second-order valence-corrected chi connectivity index (χ2v) is 7.17. The van der Waals surface area contributed by atoms with Gasteiger partial charge in [0.25, 0.3) is 0 Å². The van der Waals surface area contributed by atoms with Crippen molar-refractivity contribution in [1.29, 1.82) is 0 Å². The summed E-state index contributed by atoms with van der Waals surface area (Å²) >= 11 is 0. The first-order valence-electron chi connectivity index (χ1n) is 8.92. The van der Waals surface area contributed by atoms with E-state index in [0.29, 0.717) is 6.54 Å². The second kappa shape index (κ2) is 8.47. The third-order valence-corrected chi connectivity index (χ3v) is 5.32. The van der Waals surface area contributed by atoms with Crippen LogP contribution < -0.4 is 0 Å². The summed E-state index contributed by atoms with van der Waals surface area (Å²) in [5.74, 6) is 0.838. The second-order valence-electron chi connectivity index (χ2n) is 7.17. The van der Waals surface area contributed by atoms with Gasteiger partial charge in [-0.25, -0.2) is 0 Å². The first-order valence-corrected chi connectivity index (χ1v) is 8.92. The number of piperidine rings is 2. The van der Waals surface area contributed by atoms with Gasteiger partial charge in [-0.3, -0.25) is 4.90 Å². The zero-order chi connectivity index (χ0) is 15.2. The summed E-state index contributed by atoms with van der Waals surface area (Å²) in [6.45, 7) is 9.14. The highest BCUT2D eigenvalue weighted by molar-refractivity contribution is 4.84. The van der Waals surface area contributed by atoms with Crippen molar-refractivity contribution in [2.24, 2.45) is 5.92 Å². The number of hydrogen-bond donors (Lipinski definition) is 2. The van der Waals surface area contributed by atoms with Crippen molar-refractivity contribution in [3.63, 3.8) is 0 Å². The lowest BCUT2D eigenvalue weighted by molar-refractivity contribution is -0.00988. The maximum atomic E-state index is 10.4. The SMILES string of the molecule is CC[C@H](O)[C@@H]1CCCCN1C[C@@H](O)CN1CCC(C)CC1. The summed E-state index contributed by atoms with van der Waals surface area (Å²) in [6, 6.07) is 0.250. The van der Waals surface area contributed by atoms with E-state index in [2.05, 4.69) is 16.7 Å². The van der Waals surface area contributed by atoms with E-state index in [1.54, 1.807) is 0 Å². The standard InChI is InChI=1S/C17H34N2O2/c1-3-17(21)16-6-4-5-9-19(16)13-15(20)12-18-10-7-14(2)8-11-18/h14-17,20-21H,3-13H2,1-2H3/t15-,16-,17-/m0/s1. The van der Waals surface area contributed by atoms with Crippen LogP contribution in [0.5, 0.6) is 0 Å². The number of nitrogens with zero attached hydrogens (tertiary/aromatic N) is 2. The van der Waals surface area contributed by atoms with Gasteiger partial charge in [0.15, 0.2) is 0 Å². The highest BCUT2D eigenvalue weighted by Crippen LogP contribution is 2.22. The fraction of sp³-hybridized carbons (Fsp3) is 1.00. The number of likely N-dealkylation sites (tertiary alicyclic amines) is 2. The van der Waals surface area contributed by atoms with Crippen LogP contribution in [0.2, 0.25) is 0 Å². The van der Waals surface area contributed by atoms with E-state index < -0.39 is 0 Å². The molecule has 0 aromatic heterocycles. The lowest BCUT2D eigenvalue weighted by atomic mass is 9.95. The first kappa shape index (κ1) is 17.2. The Morgan fingerprint density at radius 3 is 2.38 bits per heavy atom. The van der Waals surface area contributed by atoms with Crippen LogP contribution in [0.25, 0.3) is 0 Å². The Balaban J connectivity index is 1.78. The molecule has 0 saturated carbocycles. The van der Waals surface area contributed by atoms with Crippen LogP contribution in [0, 0.1) is 5.92 Å². The molecule has 4 heteroatoms. The molecule has 0 aromatic carbocycles. The molecule has 21 heavy (non-hydrogen) atoms. The molecule has 2 N–H and O–H groups in total. The quantitative estimate of drug-likeness (QED) is 0.783. The predicted octanol–water partition coefficient (Wildman–Crippen LogP) is 1.70. The Kier molecular flexibility index (Phi) is 6.93. The van der Waals surface area contributed by atoms with E-state index in [1.165, 1.54) is 25.7 Å². The zero-order valence-electron chi connectivity index (χ0n) is 13.9. The largest absolute Gasteiger partial charge is 0.392 e. The number of aliphatic hydroxyl groups excluding tert-OH is 2.